The maximum Gasteiger partial charge on any atom is 0.410 e. The Kier molecular flexibility index (Phi) is 7.19. The summed E-state index contributed by atoms with van der Waals surface area (Å²) >= 11 is 0. The average Bonchev–Trinajstić information content (AvgIpc) is 2.38. The van der Waals surface area contributed by atoms with Gasteiger partial charge in [0.2, 0.25) is 0 Å². The summed E-state index contributed by atoms with van der Waals surface area (Å²) in [5.41, 5.74) is -0.484. The molecule has 0 aromatic carbocycles. The van der Waals surface area contributed by atoms with E-state index < -0.39 is 5.60 Å². The van der Waals surface area contributed by atoms with Gasteiger partial charge in [0.1, 0.15) is 11.4 Å². The molecule has 2 N–H and O–H groups in total. The number of nitrogens with zero attached hydrogens (tertiary/aromatic N) is 1. The lowest BCUT2D eigenvalue weighted by atomic mass is 10.1. The number of carbonyl (C=O) groups is 1. The standard InChI is InChI=1S/C13H25N3O2.ClH/c1-5-6-10-7-8-16(9-11(14)15-10)12(17)18-13(2,3)4;/h10H,5-9H2,1-4H3,(H2,14,15);1H. The highest BCUT2D eigenvalue weighted by atomic mass is 35.5. The van der Waals surface area contributed by atoms with Crippen molar-refractivity contribution in [2.24, 2.45) is 0 Å². The fourth-order valence-corrected chi connectivity index (χ4v) is 1.99. The summed E-state index contributed by atoms with van der Waals surface area (Å²) in [6.07, 6.45) is 2.66. The van der Waals surface area contributed by atoms with Crippen molar-refractivity contribution in [1.29, 1.82) is 5.41 Å². The van der Waals surface area contributed by atoms with Gasteiger partial charge in [-0.05, 0) is 33.6 Å². The second kappa shape index (κ2) is 7.58. The summed E-state index contributed by atoms with van der Waals surface area (Å²) in [6.45, 7) is 8.65. The summed E-state index contributed by atoms with van der Waals surface area (Å²) in [6, 6.07) is 0.301. The molecule has 1 aliphatic rings. The van der Waals surface area contributed by atoms with E-state index in [1.54, 1.807) is 4.90 Å². The Morgan fingerprint density at radius 1 is 1.53 bits per heavy atom. The molecule has 5 nitrogen and oxygen atoms in total. The summed E-state index contributed by atoms with van der Waals surface area (Å²) in [5, 5.41) is 11.0. The van der Waals surface area contributed by atoms with Gasteiger partial charge < -0.3 is 15.0 Å². The molecule has 19 heavy (non-hydrogen) atoms. The molecule has 0 aromatic heterocycles. The zero-order valence-electron chi connectivity index (χ0n) is 12.3. The Bertz CT molecular complexity index is 316. The van der Waals surface area contributed by atoms with Gasteiger partial charge in [-0.15, -0.1) is 12.4 Å². The normalized spacial score (nSPS) is 20.1. The van der Waals surface area contributed by atoms with Crippen LogP contribution >= 0.6 is 12.4 Å². The molecule has 0 saturated carbocycles. The Morgan fingerprint density at radius 2 is 2.16 bits per heavy atom. The number of amidine groups is 1. The molecule has 0 bridgehead atoms. The number of amides is 1. The van der Waals surface area contributed by atoms with E-state index in [0.717, 1.165) is 19.3 Å². The molecule has 1 saturated heterocycles. The highest BCUT2D eigenvalue weighted by Crippen LogP contribution is 2.13. The van der Waals surface area contributed by atoms with E-state index >= 15 is 0 Å². The first kappa shape index (κ1) is 18.0. The molecule has 1 unspecified atom stereocenters. The molecule has 1 aliphatic heterocycles. The van der Waals surface area contributed by atoms with Crippen molar-refractivity contribution in [3.63, 3.8) is 0 Å². The van der Waals surface area contributed by atoms with Crippen molar-refractivity contribution in [3.8, 4) is 0 Å². The van der Waals surface area contributed by atoms with Gasteiger partial charge in [0.05, 0.1) is 6.54 Å². The molecule has 1 atom stereocenters. The first-order valence-electron chi connectivity index (χ1n) is 6.63. The number of ether oxygens (including phenoxy) is 1. The minimum absolute atomic E-state index is 0. The van der Waals surface area contributed by atoms with Crippen molar-refractivity contribution in [1.82, 2.24) is 10.2 Å². The third-order valence-electron chi connectivity index (χ3n) is 2.76. The lowest BCUT2D eigenvalue weighted by Gasteiger charge is -2.26. The third-order valence-corrected chi connectivity index (χ3v) is 2.76. The van der Waals surface area contributed by atoms with Crippen LogP contribution in [0.4, 0.5) is 4.79 Å². The summed E-state index contributed by atoms with van der Waals surface area (Å²) in [4.78, 5) is 13.6. The molecule has 1 fully saturated rings. The molecule has 112 valence electrons. The summed E-state index contributed by atoms with van der Waals surface area (Å²) < 4.78 is 5.34. The van der Waals surface area contributed by atoms with Crippen LogP contribution in [0.5, 0.6) is 0 Å². The predicted octanol–water partition coefficient (Wildman–Crippen LogP) is 2.78. The smallest absolute Gasteiger partial charge is 0.410 e. The van der Waals surface area contributed by atoms with E-state index in [4.69, 9.17) is 10.1 Å². The van der Waals surface area contributed by atoms with Crippen LogP contribution in [0.15, 0.2) is 0 Å². The van der Waals surface area contributed by atoms with Crippen LogP contribution in [-0.2, 0) is 4.74 Å². The zero-order chi connectivity index (χ0) is 13.8. The quantitative estimate of drug-likeness (QED) is 0.822. The van der Waals surface area contributed by atoms with Crippen molar-refractivity contribution in [3.05, 3.63) is 0 Å². The number of nitrogens with one attached hydrogen (secondary N) is 2. The van der Waals surface area contributed by atoms with Crippen LogP contribution in [0.3, 0.4) is 0 Å². The minimum atomic E-state index is -0.484. The average molecular weight is 292 g/mol. The highest BCUT2D eigenvalue weighted by Gasteiger charge is 2.26. The van der Waals surface area contributed by atoms with Crippen LogP contribution < -0.4 is 5.32 Å². The summed E-state index contributed by atoms with van der Waals surface area (Å²) in [7, 11) is 0. The molecule has 0 radical (unpaired) electrons. The molecule has 1 amide bonds. The number of halogens is 1. The second-order valence-electron chi connectivity index (χ2n) is 5.80. The molecule has 1 heterocycles. The number of carbonyl (C=O) groups excluding carboxylic acids is 1. The first-order chi connectivity index (χ1) is 8.31. The van der Waals surface area contributed by atoms with Gasteiger partial charge in [-0.25, -0.2) is 4.79 Å². The van der Waals surface area contributed by atoms with Crippen LogP contribution in [0, 0.1) is 5.41 Å². The van der Waals surface area contributed by atoms with E-state index in [9.17, 15) is 4.79 Å². The van der Waals surface area contributed by atoms with Crippen LogP contribution in [0.1, 0.15) is 47.0 Å². The predicted molar refractivity (Wildman–Crippen MR) is 79.2 cm³/mol. The molecular formula is C13H26ClN3O2. The Hall–Kier alpha value is -0.970. The topological polar surface area (TPSA) is 65.4 Å². The zero-order valence-corrected chi connectivity index (χ0v) is 13.1. The van der Waals surface area contributed by atoms with Crippen molar-refractivity contribution in [2.75, 3.05) is 13.1 Å². The molecular weight excluding hydrogens is 266 g/mol. The number of hydrogen-bond acceptors (Lipinski definition) is 3. The molecule has 0 aromatic rings. The van der Waals surface area contributed by atoms with E-state index in [1.807, 2.05) is 20.8 Å². The molecule has 0 aliphatic carbocycles. The van der Waals surface area contributed by atoms with Gasteiger partial charge in [0.25, 0.3) is 0 Å². The maximum atomic E-state index is 12.0. The SMILES string of the molecule is CCCC1CCN(C(=O)OC(C)(C)C)CC(=N)N1.Cl. The number of hydrogen-bond donors (Lipinski definition) is 2. The van der Waals surface area contributed by atoms with E-state index in [2.05, 4.69) is 12.2 Å². The van der Waals surface area contributed by atoms with Gasteiger partial charge in [-0.3, -0.25) is 5.41 Å². The highest BCUT2D eigenvalue weighted by molar-refractivity contribution is 5.85. The van der Waals surface area contributed by atoms with Gasteiger partial charge in [-0.1, -0.05) is 13.3 Å². The van der Waals surface area contributed by atoms with Gasteiger partial charge in [0.15, 0.2) is 0 Å². The van der Waals surface area contributed by atoms with Gasteiger partial charge >= 0.3 is 6.09 Å². The van der Waals surface area contributed by atoms with E-state index in [0.29, 0.717) is 25.0 Å². The summed E-state index contributed by atoms with van der Waals surface area (Å²) in [5.74, 6) is 0.400. The minimum Gasteiger partial charge on any atom is -0.444 e. The van der Waals surface area contributed by atoms with E-state index in [-0.39, 0.29) is 18.5 Å². The largest absolute Gasteiger partial charge is 0.444 e. The molecule has 1 rings (SSSR count). The maximum absolute atomic E-state index is 12.0. The van der Waals surface area contributed by atoms with Crippen LogP contribution in [-0.4, -0.2) is 41.6 Å². The Morgan fingerprint density at radius 3 is 2.68 bits per heavy atom. The van der Waals surface area contributed by atoms with Crippen molar-refractivity contribution < 1.29 is 9.53 Å². The van der Waals surface area contributed by atoms with E-state index in [1.165, 1.54) is 0 Å². The first-order valence-corrected chi connectivity index (χ1v) is 6.63. The fourth-order valence-electron chi connectivity index (χ4n) is 1.99. The van der Waals surface area contributed by atoms with Crippen molar-refractivity contribution in [2.45, 2.75) is 58.6 Å². The molecule has 0 spiro atoms. The third kappa shape index (κ3) is 6.66. The lowest BCUT2D eigenvalue weighted by molar-refractivity contribution is 0.0279. The lowest BCUT2D eigenvalue weighted by Crippen LogP contribution is -2.40. The van der Waals surface area contributed by atoms with Crippen LogP contribution in [0.2, 0.25) is 0 Å². The second-order valence-corrected chi connectivity index (χ2v) is 5.80. The monoisotopic (exact) mass is 291 g/mol. The molecule has 6 heteroatoms. The Labute approximate surface area is 122 Å². The number of rotatable bonds is 2. The van der Waals surface area contributed by atoms with Gasteiger partial charge in [0, 0.05) is 12.6 Å². The fraction of sp³-hybridized carbons (Fsp3) is 0.846. The van der Waals surface area contributed by atoms with Crippen molar-refractivity contribution >= 4 is 24.3 Å². The Balaban J connectivity index is 0.00000324. The van der Waals surface area contributed by atoms with Crippen LogP contribution in [0.25, 0.3) is 0 Å². The van der Waals surface area contributed by atoms with Gasteiger partial charge in [-0.2, -0.15) is 0 Å².